The molecule has 3 aromatic carbocycles. The first-order chi connectivity index (χ1) is 17.6. The summed E-state index contributed by atoms with van der Waals surface area (Å²) in [5.41, 5.74) is 5.96. The van der Waals surface area contributed by atoms with Crippen LogP contribution in [0.25, 0.3) is 11.1 Å². The molecule has 0 bridgehead atoms. The van der Waals surface area contributed by atoms with Gasteiger partial charge in [-0.25, -0.2) is 4.98 Å². The minimum absolute atomic E-state index is 0.0758. The quantitative estimate of drug-likeness (QED) is 0.287. The predicted molar refractivity (Wildman–Crippen MR) is 143 cm³/mol. The second-order valence-corrected chi connectivity index (χ2v) is 9.47. The molecular weight excluding hydrogens is 442 g/mol. The summed E-state index contributed by atoms with van der Waals surface area (Å²) in [7, 11) is 1.98. The molecule has 0 aliphatic heterocycles. The largest absolute Gasteiger partial charge is 0.363 e. The third-order valence-corrected chi connectivity index (χ3v) is 6.93. The fourth-order valence-electron chi connectivity index (χ4n) is 4.75. The third-order valence-electron chi connectivity index (χ3n) is 6.93. The second kappa shape index (κ2) is 10.2. The van der Waals surface area contributed by atoms with Gasteiger partial charge in [0.2, 0.25) is 0 Å². The zero-order valence-electron chi connectivity index (χ0n) is 20.6. The highest BCUT2D eigenvalue weighted by Gasteiger charge is 2.36. The summed E-state index contributed by atoms with van der Waals surface area (Å²) in [6.45, 7) is 2.45. The summed E-state index contributed by atoms with van der Waals surface area (Å²) in [4.78, 5) is 4.34. The van der Waals surface area contributed by atoms with Crippen molar-refractivity contribution in [3.05, 3.63) is 138 Å². The topological polar surface area (TPSA) is 50.8 Å². The number of aryl methyl sites for hydroxylation is 1. The molecule has 178 valence electrons. The smallest absolute Gasteiger partial charge is 0.124 e. The number of nitriles is 1. The van der Waals surface area contributed by atoms with Crippen molar-refractivity contribution >= 4 is 0 Å². The first kappa shape index (κ1) is 23.5. The van der Waals surface area contributed by atoms with Gasteiger partial charge in [-0.15, -0.1) is 0 Å². The number of rotatable bonds is 7. The Morgan fingerprint density at radius 1 is 0.972 bits per heavy atom. The lowest BCUT2D eigenvalue weighted by molar-refractivity contribution is 0.0609. The Labute approximate surface area is 212 Å². The summed E-state index contributed by atoms with van der Waals surface area (Å²) in [5, 5.41) is 10.0. The fourth-order valence-corrected chi connectivity index (χ4v) is 4.75. The van der Waals surface area contributed by atoms with Crippen molar-refractivity contribution < 1.29 is 4.74 Å². The minimum Gasteiger partial charge on any atom is -0.363 e. The van der Waals surface area contributed by atoms with Gasteiger partial charge in [0.05, 0.1) is 36.3 Å². The number of hydrogen-bond acceptors (Lipinski definition) is 3. The molecule has 0 fully saturated rings. The second-order valence-electron chi connectivity index (χ2n) is 9.47. The van der Waals surface area contributed by atoms with Crippen molar-refractivity contribution in [2.75, 3.05) is 0 Å². The van der Waals surface area contributed by atoms with Crippen LogP contribution in [0.2, 0.25) is 0 Å². The van der Waals surface area contributed by atoms with Gasteiger partial charge in [-0.2, -0.15) is 5.26 Å². The van der Waals surface area contributed by atoms with Crippen LogP contribution in [-0.4, -0.2) is 9.55 Å². The Balaban J connectivity index is 1.43. The molecule has 4 heteroatoms. The van der Waals surface area contributed by atoms with Gasteiger partial charge in [-0.05, 0) is 34.8 Å². The minimum atomic E-state index is -0.630. The van der Waals surface area contributed by atoms with E-state index in [9.17, 15) is 5.26 Å². The van der Waals surface area contributed by atoms with Gasteiger partial charge >= 0.3 is 0 Å². The van der Waals surface area contributed by atoms with Crippen molar-refractivity contribution in [2.24, 2.45) is 12.5 Å². The van der Waals surface area contributed by atoms with Crippen molar-refractivity contribution in [3.8, 4) is 17.2 Å². The van der Waals surface area contributed by atoms with E-state index in [2.05, 4.69) is 77.8 Å². The molecule has 0 amide bonds. The lowest BCUT2D eigenvalue weighted by atomic mass is 9.70. The van der Waals surface area contributed by atoms with Gasteiger partial charge in [0.25, 0.3) is 0 Å². The number of nitrogens with zero attached hydrogens (tertiary/aromatic N) is 3. The van der Waals surface area contributed by atoms with Gasteiger partial charge in [0, 0.05) is 13.0 Å². The van der Waals surface area contributed by atoms with Crippen LogP contribution in [0, 0.1) is 16.7 Å². The van der Waals surface area contributed by atoms with Crippen LogP contribution in [0.15, 0.2) is 121 Å². The maximum absolute atomic E-state index is 10.0. The molecule has 0 saturated carbocycles. The average Bonchev–Trinajstić information content (AvgIpc) is 3.36. The highest BCUT2D eigenvalue weighted by molar-refractivity contribution is 5.63. The number of hydrogen-bond donors (Lipinski definition) is 0. The normalized spacial score (nSPS) is 19.9. The summed E-state index contributed by atoms with van der Waals surface area (Å²) < 4.78 is 8.55. The molecule has 0 saturated heterocycles. The molecule has 0 N–H and O–H groups in total. The molecule has 36 heavy (non-hydrogen) atoms. The molecular formula is C32H29N3O. The van der Waals surface area contributed by atoms with Crippen LogP contribution in [0.1, 0.15) is 35.8 Å². The van der Waals surface area contributed by atoms with E-state index in [1.54, 1.807) is 6.33 Å². The lowest BCUT2D eigenvalue weighted by Crippen LogP contribution is -2.24. The van der Waals surface area contributed by atoms with Crippen molar-refractivity contribution in [1.82, 2.24) is 9.55 Å². The molecule has 1 aliphatic carbocycles. The molecule has 1 aromatic heterocycles. The Morgan fingerprint density at radius 2 is 1.64 bits per heavy atom. The fraction of sp³-hybridized carbons (Fsp3) is 0.188. The predicted octanol–water partition coefficient (Wildman–Crippen LogP) is 7.15. The highest BCUT2D eigenvalue weighted by atomic mass is 16.5. The highest BCUT2D eigenvalue weighted by Crippen LogP contribution is 2.44. The third kappa shape index (κ3) is 4.79. The van der Waals surface area contributed by atoms with Crippen LogP contribution >= 0.6 is 0 Å². The van der Waals surface area contributed by atoms with Crippen LogP contribution in [0.4, 0.5) is 0 Å². The first-order valence-electron chi connectivity index (χ1n) is 12.2. The van der Waals surface area contributed by atoms with E-state index in [1.165, 1.54) is 11.1 Å². The monoisotopic (exact) mass is 471 g/mol. The van der Waals surface area contributed by atoms with Crippen LogP contribution in [0.3, 0.4) is 0 Å². The van der Waals surface area contributed by atoms with Crippen molar-refractivity contribution in [3.63, 3.8) is 0 Å². The van der Waals surface area contributed by atoms with E-state index < -0.39 is 5.41 Å². The Hall–Kier alpha value is -4.20. The van der Waals surface area contributed by atoms with E-state index in [1.807, 2.05) is 61.2 Å². The zero-order valence-corrected chi connectivity index (χ0v) is 20.6. The van der Waals surface area contributed by atoms with Crippen molar-refractivity contribution in [2.45, 2.75) is 25.6 Å². The van der Waals surface area contributed by atoms with Crippen LogP contribution in [0.5, 0.6) is 0 Å². The molecule has 3 atom stereocenters. The molecule has 0 radical (unpaired) electrons. The van der Waals surface area contributed by atoms with Gasteiger partial charge in [0.15, 0.2) is 0 Å². The van der Waals surface area contributed by atoms with Crippen LogP contribution in [-0.2, 0) is 18.4 Å². The number of imidazole rings is 1. The van der Waals surface area contributed by atoms with Gasteiger partial charge < -0.3 is 9.30 Å². The van der Waals surface area contributed by atoms with Crippen LogP contribution < -0.4 is 0 Å². The SMILES string of the molecule is Cn1cncc1C(OCc1ccc(-c2ccccc2)cc1)C1=CC(c2ccccc2)C(C)(C#N)C=C1. The average molecular weight is 472 g/mol. The van der Waals surface area contributed by atoms with E-state index in [0.29, 0.717) is 6.61 Å². The number of benzene rings is 3. The molecule has 0 spiro atoms. The molecule has 3 unspecified atom stereocenters. The number of allylic oxidation sites excluding steroid dienone is 2. The standard InChI is InChI=1S/C32H29N3O/c1-32(22-33)18-17-28(19-29(32)27-11-7-4-8-12-27)31(30-20-34-23-35(30)2)36-21-24-13-15-26(16-14-24)25-9-5-3-6-10-25/h3-20,23,29,31H,21H2,1-2H3. The Morgan fingerprint density at radius 3 is 2.28 bits per heavy atom. The maximum Gasteiger partial charge on any atom is 0.124 e. The molecule has 4 aromatic rings. The summed E-state index contributed by atoms with van der Waals surface area (Å²) >= 11 is 0. The Bertz CT molecular complexity index is 1410. The Kier molecular flexibility index (Phi) is 6.66. The first-order valence-corrected chi connectivity index (χ1v) is 12.2. The van der Waals surface area contributed by atoms with E-state index in [4.69, 9.17) is 4.74 Å². The summed E-state index contributed by atoms with van der Waals surface area (Å²) in [6.07, 6.45) is 9.58. The molecule has 5 rings (SSSR count). The zero-order chi connectivity index (χ0) is 25.0. The number of ether oxygens (including phenoxy) is 1. The maximum atomic E-state index is 10.0. The van der Waals surface area contributed by atoms with Gasteiger partial charge in [-0.1, -0.05) is 103 Å². The molecule has 1 heterocycles. The van der Waals surface area contributed by atoms with E-state index in [-0.39, 0.29) is 12.0 Å². The van der Waals surface area contributed by atoms with Crippen molar-refractivity contribution in [1.29, 1.82) is 5.26 Å². The van der Waals surface area contributed by atoms with E-state index in [0.717, 1.165) is 22.4 Å². The van der Waals surface area contributed by atoms with Gasteiger partial charge in [-0.3, -0.25) is 0 Å². The molecule has 1 aliphatic rings. The van der Waals surface area contributed by atoms with Gasteiger partial charge in [0.1, 0.15) is 6.10 Å². The summed E-state index contributed by atoms with van der Waals surface area (Å²) in [6, 6.07) is 31.6. The molecule has 4 nitrogen and oxygen atoms in total. The summed E-state index contributed by atoms with van der Waals surface area (Å²) in [5.74, 6) is -0.0758. The lowest BCUT2D eigenvalue weighted by Gasteiger charge is -2.33. The number of aromatic nitrogens is 2. The van der Waals surface area contributed by atoms with E-state index >= 15 is 0 Å².